The van der Waals surface area contributed by atoms with Gasteiger partial charge in [0.15, 0.2) is 0 Å². The Morgan fingerprint density at radius 1 is 1.40 bits per heavy atom. The zero-order valence-electron chi connectivity index (χ0n) is 12.2. The van der Waals surface area contributed by atoms with Crippen molar-refractivity contribution in [3.63, 3.8) is 0 Å². The Kier molecular flexibility index (Phi) is 4.67. The number of rotatable bonds is 7. The summed E-state index contributed by atoms with van der Waals surface area (Å²) in [4.78, 5) is 0.315. The molecule has 112 valence electrons. The third kappa shape index (κ3) is 3.31. The number of ether oxygens (including phenoxy) is 1. The third-order valence-corrected chi connectivity index (χ3v) is 5.49. The van der Waals surface area contributed by atoms with Gasteiger partial charge in [-0.05, 0) is 31.0 Å². The van der Waals surface area contributed by atoms with Crippen LogP contribution in [0.25, 0.3) is 0 Å². The second-order valence-electron chi connectivity index (χ2n) is 5.05. The Hall–Kier alpha value is -1.11. The van der Waals surface area contributed by atoms with Crippen molar-refractivity contribution in [2.24, 2.45) is 0 Å². The van der Waals surface area contributed by atoms with Crippen LogP contribution in [-0.2, 0) is 16.6 Å². The monoisotopic (exact) mass is 298 g/mol. The zero-order valence-corrected chi connectivity index (χ0v) is 13.0. The first kappa shape index (κ1) is 15.3. The van der Waals surface area contributed by atoms with Crippen molar-refractivity contribution < 1.29 is 13.2 Å². The molecule has 2 rings (SSSR count). The number of methoxy groups -OCH3 is 1. The molecule has 0 spiro atoms. The molecular weight excluding hydrogens is 276 g/mol. The highest BCUT2D eigenvalue weighted by Gasteiger charge is 2.23. The van der Waals surface area contributed by atoms with Crippen molar-refractivity contribution >= 4 is 10.0 Å². The molecule has 1 saturated carbocycles. The van der Waals surface area contributed by atoms with E-state index in [4.69, 9.17) is 4.74 Å². The number of hydrogen-bond acceptors (Lipinski definition) is 4. The van der Waals surface area contributed by atoms with Crippen molar-refractivity contribution in [3.8, 4) is 5.75 Å². The minimum Gasteiger partial charge on any atom is -0.496 e. The summed E-state index contributed by atoms with van der Waals surface area (Å²) in [6, 6.07) is 5.59. The van der Waals surface area contributed by atoms with Crippen molar-refractivity contribution in [2.45, 2.75) is 37.2 Å². The largest absolute Gasteiger partial charge is 0.496 e. The maximum absolute atomic E-state index is 12.3. The van der Waals surface area contributed by atoms with Crippen LogP contribution in [0.4, 0.5) is 0 Å². The average Bonchev–Trinajstić information content (AvgIpc) is 3.27. The lowest BCUT2D eigenvalue weighted by Gasteiger charge is -2.17. The summed E-state index contributed by atoms with van der Waals surface area (Å²) in [6.07, 6.45) is 2.39. The van der Waals surface area contributed by atoms with Crippen molar-refractivity contribution in [2.75, 3.05) is 20.7 Å². The SMILES string of the molecule is CCN(C)S(=O)(=O)c1ccc(OC)c(CNC2CC2)c1. The number of sulfonamides is 1. The Bertz CT molecular complexity index is 568. The van der Waals surface area contributed by atoms with Gasteiger partial charge in [0.1, 0.15) is 5.75 Å². The molecule has 1 aromatic rings. The van der Waals surface area contributed by atoms with Crippen LogP contribution < -0.4 is 10.1 Å². The molecule has 0 atom stereocenters. The van der Waals surface area contributed by atoms with Crippen LogP contribution in [0.5, 0.6) is 5.75 Å². The van der Waals surface area contributed by atoms with Gasteiger partial charge in [-0.2, -0.15) is 0 Å². The Labute approximate surface area is 121 Å². The van der Waals surface area contributed by atoms with Gasteiger partial charge in [-0.3, -0.25) is 0 Å². The lowest BCUT2D eigenvalue weighted by molar-refractivity contribution is 0.407. The lowest BCUT2D eigenvalue weighted by Crippen LogP contribution is -2.26. The van der Waals surface area contributed by atoms with E-state index in [9.17, 15) is 8.42 Å². The summed E-state index contributed by atoms with van der Waals surface area (Å²) >= 11 is 0. The highest BCUT2D eigenvalue weighted by atomic mass is 32.2. The van der Waals surface area contributed by atoms with Gasteiger partial charge >= 0.3 is 0 Å². The second kappa shape index (κ2) is 6.11. The van der Waals surface area contributed by atoms with E-state index in [1.165, 1.54) is 17.1 Å². The molecule has 0 aliphatic heterocycles. The Morgan fingerprint density at radius 3 is 2.65 bits per heavy atom. The Morgan fingerprint density at radius 2 is 2.10 bits per heavy atom. The first-order valence-corrected chi connectivity index (χ1v) is 8.29. The van der Waals surface area contributed by atoms with Gasteiger partial charge in [0.25, 0.3) is 0 Å². The highest BCUT2D eigenvalue weighted by molar-refractivity contribution is 7.89. The number of benzene rings is 1. The molecule has 1 aliphatic rings. The topological polar surface area (TPSA) is 58.6 Å². The summed E-state index contributed by atoms with van der Waals surface area (Å²) in [5.74, 6) is 0.719. The van der Waals surface area contributed by atoms with Gasteiger partial charge in [-0.25, -0.2) is 12.7 Å². The predicted molar refractivity (Wildman–Crippen MR) is 78.3 cm³/mol. The van der Waals surface area contributed by atoms with Crippen LogP contribution in [0.3, 0.4) is 0 Å². The van der Waals surface area contributed by atoms with Crippen molar-refractivity contribution in [1.82, 2.24) is 9.62 Å². The maximum Gasteiger partial charge on any atom is 0.242 e. The average molecular weight is 298 g/mol. The molecule has 1 fully saturated rings. The van der Waals surface area contributed by atoms with Crippen LogP contribution in [0.15, 0.2) is 23.1 Å². The molecule has 20 heavy (non-hydrogen) atoms. The van der Waals surface area contributed by atoms with E-state index in [0.717, 1.165) is 11.3 Å². The maximum atomic E-state index is 12.3. The fourth-order valence-corrected chi connectivity index (χ4v) is 3.18. The normalized spacial score (nSPS) is 15.6. The van der Waals surface area contributed by atoms with Crippen LogP contribution in [-0.4, -0.2) is 39.5 Å². The molecule has 0 heterocycles. The van der Waals surface area contributed by atoms with Crippen molar-refractivity contribution in [3.05, 3.63) is 23.8 Å². The minimum absolute atomic E-state index is 0.315. The number of nitrogens with zero attached hydrogens (tertiary/aromatic N) is 1. The summed E-state index contributed by atoms with van der Waals surface area (Å²) in [6.45, 7) is 2.90. The minimum atomic E-state index is -3.41. The zero-order chi connectivity index (χ0) is 14.8. The molecule has 0 bridgehead atoms. The first-order chi connectivity index (χ1) is 9.48. The van der Waals surface area contributed by atoms with E-state index in [-0.39, 0.29) is 0 Å². The fraction of sp³-hybridized carbons (Fsp3) is 0.571. The van der Waals surface area contributed by atoms with E-state index in [0.29, 0.717) is 24.0 Å². The van der Waals surface area contributed by atoms with Gasteiger partial charge in [0, 0.05) is 31.7 Å². The van der Waals surface area contributed by atoms with E-state index >= 15 is 0 Å². The molecule has 0 unspecified atom stereocenters. The van der Waals surface area contributed by atoms with E-state index in [2.05, 4.69) is 5.32 Å². The van der Waals surface area contributed by atoms with Gasteiger partial charge in [0.2, 0.25) is 10.0 Å². The van der Waals surface area contributed by atoms with E-state index in [1.807, 2.05) is 6.92 Å². The quantitative estimate of drug-likeness (QED) is 0.830. The molecule has 0 radical (unpaired) electrons. The van der Waals surface area contributed by atoms with Gasteiger partial charge < -0.3 is 10.1 Å². The van der Waals surface area contributed by atoms with Crippen molar-refractivity contribution in [1.29, 1.82) is 0 Å². The van der Waals surface area contributed by atoms with Gasteiger partial charge in [-0.15, -0.1) is 0 Å². The molecule has 0 amide bonds. The fourth-order valence-electron chi connectivity index (χ4n) is 1.95. The van der Waals surface area contributed by atoms with Crippen LogP contribution >= 0.6 is 0 Å². The molecular formula is C14H22N2O3S. The standard InChI is InChI=1S/C14H22N2O3S/c1-4-16(2)20(17,18)13-7-8-14(19-3)11(9-13)10-15-12-5-6-12/h7-9,12,15H,4-6,10H2,1-3H3. The van der Waals surface area contributed by atoms with Crippen LogP contribution in [0.2, 0.25) is 0 Å². The van der Waals surface area contributed by atoms with E-state index in [1.54, 1.807) is 32.4 Å². The first-order valence-electron chi connectivity index (χ1n) is 6.85. The Balaban J connectivity index is 2.28. The molecule has 0 saturated heterocycles. The lowest BCUT2D eigenvalue weighted by atomic mass is 10.2. The third-order valence-electron chi connectivity index (χ3n) is 3.56. The smallest absolute Gasteiger partial charge is 0.242 e. The molecule has 5 nitrogen and oxygen atoms in total. The summed E-state index contributed by atoms with van der Waals surface area (Å²) in [5.41, 5.74) is 0.880. The summed E-state index contributed by atoms with van der Waals surface area (Å²) in [5, 5.41) is 3.38. The molecule has 1 aromatic carbocycles. The van der Waals surface area contributed by atoms with Gasteiger partial charge in [0.05, 0.1) is 12.0 Å². The van der Waals surface area contributed by atoms with Crippen LogP contribution in [0.1, 0.15) is 25.3 Å². The number of nitrogens with one attached hydrogen (secondary N) is 1. The molecule has 1 N–H and O–H groups in total. The predicted octanol–water partition coefficient (Wildman–Crippen LogP) is 1.59. The van der Waals surface area contributed by atoms with E-state index < -0.39 is 10.0 Å². The molecule has 0 aromatic heterocycles. The second-order valence-corrected chi connectivity index (χ2v) is 7.09. The number of hydrogen-bond donors (Lipinski definition) is 1. The summed E-state index contributed by atoms with van der Waals surface area (Å²) < 4.78 is 31.3. The highest BCUT2D eigenvalue weighted by Crippen LogP contribution is 2.26. The summed E-state index contributed by atoms with van der Waals surface area (Å²) in [7, 11) is -0.225. The molecule has 1 aliphatic carbocycles. The molecule has 6 heteroatoms. The van der Waals surface area contributed by atoms with Crippen LogP contribution in [0, 0.1) is 0 Å². The van der Waals surface area contributed by atoms with Gasteiger partial charge in [-0.1, -0.05) is 6.92 Å².